The van der Waals surface area contributed by atoms with E-state index in [2.05, 4.69) is 37.7 Å². The molecule has 0 bridgehead atoms. The van der Waals surface area contributed by atoms with Gasteiger partial charge in [-0.3, -0.25) is 4.98 Å². The second-order valence-corrected chi connectivity index (χ2v) is 6.31. The summed E-state index contributed by atoms with van der Waals surface area (Å²) < 4.78 is 21.5. The molecule has 2 heterocycles. The maximum atomic E-state index is 13.9. The molecule has 3 rings (SSSR count). The van der Waals surface area contributed by atoms with Crippen molar-refractivity contribution in [3.8, 4) is 16.9 Å². The van der Waals surface area contributed by atoms with Crippen molar-refractivity contribution in [3.63, 3.8) is 0 Å². The highest BCUT2D eigenvalue weighted by molar-refractivity contribution is 9.11. The SMILES string of the molecule is C=Nc1c(-c2ccnc3cc(F)c(OC)cc23)cnn1/C=C(\C)Br. The number of rotatable bonds is 4. The van der Waals surface area contributed by atoms with E-state index in [1.165, 1.54) is 13.2 Å². The topological polar surface area (TPSA) is 52.3 Å². The number of hydrogen-bond donors (Lipinski definition) is 0. The molecule has 24 heavy (non-hydrogen) atoms. The smallest absolute Gasteiger partial charge is 0.167 e. The van der Waals surface area contributed by atoms with Crippen LogP contribution in [0.2, 0.25) is 0 Å². The number of nitrogens with zero attached hydrogens (tertiary/aromatic N) is 4. The van der Waals surface area contributed by atoms with Gasteiger partial charge in [-0.15, -0.1) is 0 Å². The Kier molecular flexibility index (Phi) is 4.44. The van der Waals surface area contributed by atoms with Crippen molar-refractivity contribution >= 4 is 45.6 Å². The molecule has 0 saturated heterocycles. The van der Waals surface area contributed by atoms with Crippen LogP contribution < -0.4 is 4.74 Å². The van der Waals surface area contributed by atoms with Gasteiger partial charge in [-0.25, -0.2) is 14.1 Å². The van der Waals surface area contributed by atoms with Crippen LogP contribution in [0.25, 0.3) is 28.2 Å². The zero-order chi connectivity index (χ0) is 17.3. The van der Waals surface area contributed by atoms with E-state index >= 15 is 0 Å². The second-order valence-electron chi connectivity index (χ2n) is 5.06. The average molecular weight is 389 g/mol. The molecule has 0 N–H and O–H groups in total. The molecule has 0 radical (unpaired) electrons. The maximum absolute atomic E-state index is 13.9. The van der Waals surface area contributed by atoms with Gasteiger partial charge in [0.2, 0.25) is 0 Å². The number of benzene rings is 1. The molecule has 1 aromatic carbocycles. The van der Waals surface area contributed by atoms with E-state index in [0.29, 0.717) is 11.3 Å². The molecule has 3 aromatic rings. The first-order chi connectivity index (χ1) is 11.5. The van der Waals surface area contributed by atoms with E-state index in [0.717, 1.165) is 21.0 Å². The molecule has 0 aliphatic carbocycles. The fraction of sp³-hybridized carbons (Fsp3) is 0.118. The van der Waals surface area contributed by atoms with E-state index < -0.39 is 5.82 Å². The minimum atomic E-state index is -0.453. The van der Waals surface area contributed by atoms with Crippen LogP contribution in [-0.2, 0) is 0 Å². The Bertz CT molecular complexity index is 961. The first kappa shape index (κ1) is 16.3. The highest BCUT2D eigenvalue weighted by Crippen LogP contribution is 2.36. The van der Waals surface area contributed by atoms with Crippen molar-refractivity contribution < 1.29 is 9.13 Å². The third kappa shape index (κ3) is 2.82. The minimum Gasteiger partial charge on any atom is -0.494 e. The predicted octanol–water partition coefficient (Wildman–Crippen LogP) is 4.79. The largest absolute Gasteiger partial charge is 0.494 e. The maximum Gasteiger partial charge on any atom is 0.167 e. The molecule has 2 aromatic heterocycles. The number of halogens is 2. The minimum absolute atomic E-state index is 0.161. The van der Waals surface area contributed by atoms with Gasteiger partial charge in [0, 0.05) is 33.9 Å². The highest BCUT2D eigenvalue weighted by Gasteiger charge is 2.15. The lowest BCUT2D eigenvalue weighted by molar-refractivity contribution is 0.387. The number of methoxy groups -OCH3 is 1. The summed E-state index contributed by atoms with van der Waals surface area (Å²) >= 11 is 3.38. The van der Waals surface area contributed by atoms with Gasteiger partial charge in [-0.1, -0.05) is 15.9 Å². The van der Waals surface area contributed by atoms with Crippen molar-refractivity contribution in [2.24, 2.45) is 4.99 Å². The van der Waals surface area contributed by atoms with Crippen LogP contribution in [0.4, 0.5) is 10.2 Å². The van der Waals surface area contributed by atoms with E-state index in [1.54, 1.807) is 29.3 Å². The molecule has 0 aliphatic rings. The molecule has 0 aliphatic heterocycles. The first-order valence-electron chi connectivity index (χ1n) is 7.06. The molecule has 0 atom stereocenters. The van der Waals surface area contributed by atoms with Crippen molar-refractivity contribution in [2.75, 3.05) is 7.11 Å². The Balaban J connectivity index is 2.29. The molecular formula is C17H14BrFN4O. The zero-order valence-electron chi connectivity index (χ0n) is 13.1. The zero-order valence-corrected chi connectivity index (χ0v) is 14.7. The van der Waals surface area contributed by atoms with Crippen LogP contribution in [0.5, 0.6) is 5.75 Å². The molecule has 0 fully saturated rings. The number of allylic oxidation sites excluding steroid dienone is 1. The number of aromatic nitrogens is 3. The van der Waals surface area contributed by atoms with Crippen molar-refractivity contribution in [1.82, 2.24) is 14.8 Å². The van der Waals surface area contributed by atoms with Crippen LogP contribution in [0.15, 0.2) is 40.1 Å². The molecule has 0 unspecified atom stereocenters. The summed E-state index contributed by atoms with van der Waals surface area (Å²) in [6, 6.07) is 4.81. The van der Waals surface area contributed by atoms with Gasteiger partial charge in [-0.2, -0.15) is 5.10 Å². The van der Waals surface area contributed by atoms with Gasteiger partial charge in [0.05, 0.1) is 18.8 Å². The van der Waals surface area contributed by atoms with Crippen LogP contribution in [0.1, 0.15) is 6.92 Å². The van der Waals surface area contributed by atoms with E-state index in [-0.39, 0.29) is 5.75 Å². The Labute approximate surface area is 146 Å². The number of ether oxygens (including phenoxy) is 1. The lowest BCUT2D eigenvalue weighted by Crippen LogP contribution is -1.91. The summed E-state index contributed by atoms with van der Waals surface area (Å²) in [5.41, 5.74) is 2.13. The van der Waals surface area contributed by atoms with Gasteiger partial charge < -0.3 is 4.74 Å². The Morgan fingerprint density at radius 2 is 2.21 bits per heavy atom. The van der Waals surface area contributed by atoms with Crippen molar-refractivity contribution in [2.45, 2.75) is 6.92 Å². The molecule has 5 nitrogen and oxygen atoms in total. The first-order valence-corrected chi connectivity index (χ1v) is 7.85. The fourth-order valence-corrected chi connectivity index (χ4v) is 2.70. The van der Waals surface area contributed by atoms with E-state index in [9.17, 15) is 4.39 Å². The van der Waals surface area contributed by atoms with Crippen molar-refractivity contribution in [1.29, 1.82) is 0 Å². The summed E-state index contributed by atoms with van der Waals surface area (Å²) in [4.78, 5) is 8.31. The van der Waals surface area contributed by atoms with Gasteiger partial charge in [-0.05, 0) is 31.3 Å². The standard InChI is InChI=1S/C17H14BrFN4O/c1-10(18)9-23-17(20-2)13(8-22-23)11-4-5-21-15-7-14(19)16(24-3)6-12(11)15/h4-9H,2H2,1,3H3/b10-9+. The van der Waals surface area contributed by atoms with Gasteiger partial charge in [0.1, 0.15) is 0 Å². The summed E-state index contributed by atoms with van der Waals surface area (Å²) in [6.07, 6.45) is 5.11. The Morgan fingerprint density at radius 3 is 2.88 bits per heavy atom. The summed E-state index contributed by atoms with van der Waals surface area (Å²) in [6.45, 7) is 5.52. The predicted molar refractivity (Wildman–Crippen MR) is 97.6 cm³/mol. The molecule has 7 heteroatoms. The second kappa shape index (κ2) is 6.52. The Morgan fingerprint density at radius 1 is 1.42 bits per heavy atom. The molecule has 0 saturated carbocycles. The molecule has 0 amide bonds. The van der Waals surface area contributed by atoms with E-state index in [1.807, 2.05) is 13.0 Å². The highest BCUT2D eigenvalue weighted by atomic mass is 79.9. The molecule has 122 valence electrons. The summed E-state index contributed by atoms with van der Waals surface area (Å²) in [5.74, 6) is 0.295. The normalized spacial score (nSPS) is 11.8. The van der Waals surface area contributed by atoms with Crippen LogP contribution in [-0.4, -0.2) is 28.6 Å². The lowest BCUT2D eigenvalue weighted by atomic mass is 10.0. The monoisotopic (exact) mass is 388 g/mol. The third-order valence-corrected chi connectivity index (χ3v) is 3.73. The van der Waals surface area contributed by atoms with Gasteiger partial charge >= 0.3 is 0 Å². The van der Waals surface area contributed by atoms with Crippen LogP contribution in [0, 0.1) is 5.82 Å². The summed E-state index contributed by atoms with van der Waals surface area (Å²) in [5, 5.41) is 5.07. The quantitative estimate of drug-likeness (QED) is 0.603. The lowest BCUT2D eigenvalue weighted by Gasteiger charge is -2.08. The van der Waals surface area contributed by atoms with Crippen LogP contribution >= 0.6 is 15.9 Å². The van der Waals surface area contributed by atoms with Gasteiger partial charge in [0.15, 0.2) is 17.4 Å². The summed E-state index contributed by atoms with van der Waals surface area (Å²) in [7, 11) is 1.43. The number of fused-ring (bicyclic) bond motifs is 1. The Hall–Kier alpha value is -2.54. The van der Waals surface area contributed by atoms with Crippen LogP contribution in [0.3, 0.4) is 0 Å². The van der Waals surface area contributed by atoms with E-state index in [4.69, 9.17) is 4.74 Å². The van der Waals surface area contributed by atoms with Gasteiger partial charge in [0.25, 0.3) is 0 Å². The fourth-order valence-electron chi connectivity index (χ4n) is 2.50. The molecular weight excluding hydrogens is 375 g/mol. The number of aliphatic imine (C=N–C) groups is 1. The average Bonchev–Trinajstić information content (AvgIpc) is 2.95. The molecule has 0 spiro atoms. The number of pyridine rings is 1. The third-order valence-electron chi connectivity index (χ3n) is 3.52. The van der Waals surface area contributed by atoms with Crippen molar-refractivity contribution in [3.05, 3.63) is 40.9 Å². The number of hydrogen-bond acceptors (Lipinski definition) is 4.